The molecule has 9 nitrogen and oxygen atoms in total. The first-order chi connectivity index (χ1) is 19.7. The monoisotopic (exact) mass is 573 g/mol. The van der Waals surface area contributed by atoms with Gasteiger partial charge in [0.25, 0.3) is 5.91 Å². The molecule has 1 heterocycles. The molecule has 0 saturated carbocycles. The number of rotatable bonds is 11. The molecule has 3 aromatic carbocycles. The fourth-order valence-corrected chi connectivity index (χ4v) is 6.02. The number of aryl methyl sites for hydroxylation is 1. The maximum Gasteiger partial charge on any atom is 0.301 e. The number of carbonyl (C=O) groups excluding carboxylic acids is 1. The van der Waals surface area contributed by atoms with E-state index in [0.29, 0.717) is 12.2 Å². The number of aromatic amines is 1. The summed E-state index contributed by atoms with van der Waals surface area (Å²) >= 11 is 0. The Hall–Kier alpha value is -3.96. The zero-order valence-corrected chi connectivity index (χ0v) is 24.0. The minimum absolute atomic E-state index is 0.223. The first-order valence-electron chi connectivity index (χ1n) is 13.6. The van der Waals surface area contributed by atoms with Crippen molar-refractivity contribution in [3.05, 3.63) is 107 Å². The Labute approximate surface area is 240 Å². The highest BCUT2D eigenvalue weighted by Gasteiger charge is 2.28. The summed E-state index contributed by atoms with van der Waals surface area (Å²) in [5.74, 6) is -0.563. The van der Waals surface area contributed by atoms with Crippen molar-refractivity contribution < 1.29 is 18.4 Å². The highest BCUT2D eigenvalue weighted by molar-refractivity contribution is 7.90. The van der Waals surface area contributed by atoms with Crippen molar-refractivity contribution in [3.63, 3.8) is 0 Å². The number of fused-ring (bicyclic) bond motifs is 2. The van der Waals surface area contributed by atoms with Gasteiger partial charge in [-0.15, -0.1) is 0 Å². The molecule has 0 radical (unpaired) electrons. The van der Waals surface area contributed by atoms with Gasteiger partial charge < -0.3 is 4.98 Å². The second kappa shape index (κ2) is 12.3. The SMILES string of the molecule is CN(C)S(=O)(=O)Nc1ccc(CN(CCc2c[nH]c3ccccc23)C2CCc3cc(C=CC(=O)NO)ccc32)cc1. The van der Waals surface area contributed by atoms with E-state index in [-0.39, 0.29) is 6.04 Å². The Morgan fingerprint density at radius 1 is 1.10 bits per heavy atom. The Morgan fingerprint density at radius 2 is 1.88 bits per heavy atom. The van der Waals surface area contributed by atoms with Gasteiger partial charge in [-0.05, 0) is 71.4 Å². The molecule has 0 aliphatic heterocycles. The molecule has 1 aromatic heterocycles. The molecular weight excluding hydrogens is 538 g/mol. The third kappa shape index (κ3) is 6.68. The number of amides is 1. The number of hydrogen-bond donors (Lipinski definition) is 4. The largest absolute Gasteiger partial charge is 0.361 e. The molecule has 0 bridgehead atoms. The van der Waals surface area contributed by atoms with Gasteiger partial charge in [0.05, 0.1) is 0 Å². The molecule has 1 aliphatic rings. The third-order valence-electron chi connectivity index (χ3n) is 7.60. The van der Waals surface area contributed by atoms with Crippen LogP contribution >= 0.6 is 0 Å². The van der Waals surface area contributed by atoms with E-state index < -0.39 is 16.1 Å². The van der Waals surface area contributed by atoms with Crippen LogP contribution in [0.5, 0.6) is 0 Å². The summed E-state index contributed by atoms with van der Waals surface area (Å²) in [7, 11) is -0.583. The predicted octanol–water partition coefficient (Wildman–Crippen LogP) is 4.64. The highest BCUT2D eigenvalue weighted by atomic mass is 32.2. The molecule has 214 valence electrons. The molecule has 1 unspecified atom stereocenters. The summed E-state index contributed by atoms with van der Waals surface area (Å²) < 4.78 is 28.2. The number of para-hydroxylation sites is 1. The van der Waals surface area contributed by atoms with Crippen molar-refractivity contribution in [1.29, 1.82) is 0 Å². The molecular formula is C31H35N5O4S. The molecule has 5 rings (SSSR count). The van der Waals surface area contributed by atoms with Gasteiger partial charge in [-0.2, -0.15) is 12.7 Å². The Balaban J connectivity index is 1.38. The third-order valence-corrected chi connectivity index (χ3v) is 9.06. The second-order valence-electron chi connectivity index (χ2n) is 10.5. The second-order valence-corrected chi connectivity index (χ2v) is 12.4. The van der Waals surface area contributed by atoms with E-state index in [4.69, 9.17) is 5.21 Å². The maximum absolute atomic E-state index is 12.2. The van der Waals surface area contributed by atoms with Crippen molar-refractivity contribution in [1.82, 2.24) is 19.7 Å². The van der Waals surface area contributed by atoms with Crippen LogP contribution in [0.15, 0.2) is 79.0 Å². The quantitative estimate of drug-likeness (QED) is 0.119. The van der Waals surface area contributed by atoms with E-state index in [2.05, 4.69) is 51.1 Å². The van der Waals surface area contributed by atoms with Crippen LogP contribution in [-0.2, 0) is 34.4 Å². The molecule has 0 spiro atoms. The molecule has 4 N–H and O–H groups in total. The molecule has 0 fully saturated rings. The van der Waals surface area contributed by atoms with E-state index in [1.54, 1.807) is 23.7 Å². The van der Waals surface area contributed by atoms with Crippen LogP contribution in [0.25, 0.3) is 17.0 Å². The standard InChI is InChI=1S/C31H35N5O4S/c1-35(2)41(39,40)34-26-12-7-23(8-13-26)21-36(18-17-25-20-32-29-6-4-3-5-27(25)29)30-15-11-24-19-22(9-14-28(24)30)10-16-31(37)33-38/h3-10,12-14,16,19-20,30,32,34,38H,11,15,17-18,21H2,1-2H3,(H,33,37). The molecule has 10 heteroatoms. The lowest BCUT2D eigenvalue weighted by molar-refractivity contribution is -0.124. The molecule has 1 amide bonds. The summed E-state index contributed by atoms with van der Waals surface area (Å²) in [5.41, 5.74) is 9.09. The van der Waals surface area contributed by atoms with Crippen molar-refractivity contribution in [2.45, 2.75) is 31.8 Å². The number of hydroxylamine groups is 1. The first kappa shape index (κ1) is 28.6. The lowest BCUT2D eigenvalue weighted by atomic mass is 10.0. The van der Waals surface area contributed by atoms with Gasteiger partial charge in [-0.25, -0.2) is 5.48 Å². The normalized spacial score (nSPS) is 15.2. The molecule has 41 heavy (non-hydrogen) atoms. The topological polar surface area (TPSA) is 118 Å². The average Bonchev–Trinajstić information content (AvgIpc) is 3.58. The molecule has 1 aliphatic carbocycles. The number of anilines is 1. The summed E-state index contributed by atoms with van der Waals surface area (Å²) in [6.45, 7) is 1.56. The predicted molar refractivity (Wildman–Crippen MR) is 162 cm³/mol. The smallest absolute Gasteiger partial charge is 0.301 e. The summed E-state index contributed by atoms with van der Waals surface area (Å²) in [6, 6.07) is 22.4. The van der Waals surface area contributed by atoms with Crippen LogP contribution in [0, 0.1) is 0 Å². The fourth-order valence-electron chi connectivity index (χ4n) is 5.41. The minimum Gasteiger partial charge on any atom is -0.361 e. The number of carbonyl (C=O) groups is 1. The average molecular weight is 574 g/mol. The van der Waals surface area contributed by atoms with Gasteiger partial charge >= 0.3 is 10.2 Å². The van der Waals surface area contributed by atoms with Gasteiger partial charge in [0.1, 0.15) is 0 Å². The lowest BCUT2D eigenvalue weighted by Crippen LogP contribution is -2.30. The number of aromatic nitrogens is 1. The van der Waals surface area contributed by atoms with Crippen molar-refractivity contribution in [2.24, 2.45) is 0 Å². The van der Waals surface area contributed by atoms with E-state index in [1.807, 2.05) is 24.3 Å². The zero-order chi connectivity index (χ0) is 29.0. The van der Waals surface area contributed by atoms with E-state index in [1.165, 1.54) is 42.2 Å². The molecule has 4 aromatic rings. The minimum atomic E-state index is -3.57. The van der Waals surface area contributed by atoms with Crippen LogP contribution in [0.3, 0.4) is 0 Å². The maximum atomic E-state index is 12.2. The Kier molecular flexibility index (Phi) is 8.55. The lowest BCUT2D eigenvalue weighted by Gasteiger charge is -2.30. The van der Waals surface area contributed by atoms with Crippen molar-refractivity contribution in [2.75, 3.05) is 25.4 Å². The van der Waals surface area contributed by atoms with Crippen LogP contribution in [0.4, 0.5) is 5.69 Å². The van der Waals surface area contributed by atoms with Gasteiger partial charge in [0, 0.05) is 62.1 Å². The molecule has 1 atom stereocenters. The Morgan fingerprint density at radius 3 is 2.63 bits per heavy atom. The van der Waals surface area contributed by atoms with Crippen LogP contribution < -0.4 is 10.2 Å². The van der Waals surface area contributed by atoms with Crippen LogP contribution in [0.2, 0.25) is 0 Å². The summed E-state index contributed by atoms with van der Waals surface area (Å²) in [5, 5.41) is 9.99. The highest BCUT2D eigenvalue weighted by Crippen LogP contribution is 2.37. The van der Waals surface area contributed by atoms with Gasteiger partial charge in [-0.1, -0.05) is 48.5 Å². The number of benzene rings is 3. The number of H-pyrrole nitrogens is 1. The van der Waals surface area contributed by atoms with Gasteiger partial charge in [-0.3, -0.25) is 19.6 Å². The summed E-state index contributed by atoms with van der Waals surface area (Å²) in [4.78, 5) is 17.3. The van der Waals surface area contributed by atoms with Gasteiger partial charge in [0.15, 0.2) is 0 Å². The molecule has 0 saturated heterocycles. The van der Waals surface area contributed by atoms with Crippen LogP contribution in [-0.4, -0.2) is 54.4 Å². The van der Waals surface area contributed by atoms with Crippen molar-refractivity contribution in [3.8, 4) is 0 Å². The first-order valence-corrected chi connectivity index (χ1v) is 15.0. The number of nitrogens with one attached hydrogen (secondary N) is 3. The van der Waals surface area contributed by atoms with Crippen LogP contribution in [0.1, 0.15) is 40.3 Å². The number of hydrogen-bond acceptors (Lipinski definition) is 5. The fraction of sp³-hybridized carbons (Fsp3) is 0.258. The zero-order valence-electron chi connectivity index (χ0n) is 23.2. The summed E-state index contributed by atoms with van der Waals surface area (Å²) in [6.07, 6.45) is 7.90. The van der Waals surface area contributed by atoms with E-state index >= 15 is 0 Å². The Bertz CT molecular complexity index is 1660. The van der Waals surface area contributed by atoms with Crippen molar-refractivity contribution >= 4 is 38.8 Å². The van der Waals surface area contributed by atoms with E-state index in [0.717, 1.165) is 46.8 Å². The number of nitrogens with zero attached hydrogens (tertiary/aromatic N) is 2. The van der Waals surface area contributed by atoms with Gasteiger partial charge in [0.2, 0.25) is 0 Å². The van der Waals surface area contributed by atoms with E-state index in [9.17, 15) is 13.2 Å².